The minimum atomic E-state index is -0.178. The van der Waals surface area contributed by atoms with Gasteiger partial charge in [-0.2, -0.15) is 0 Å². The Morgan fingerprint density at radius 1 is 1.10 bits per heavy atom. The van der Waals surface area contributed by atoms with Crippen molar-refractivity contribution in [2.45, 2.75) is 13.5 Å². The number of rotatable bonds is 3. The number of hydrogen-bond donors (Lipinski definition) is 1. The van der Waals surface area contributed by atoms with Crippen LogP contribution in [0, 0.1) is 12.7 Å². The van der Waals surface area contributed by atoms with E-state index in [1.165, 1.54) is 11.5 Å². The molecule has 0 spiro atoms. The summed E-state index contributed by atoms with van der Waals surface area (Å²) in [6.45, 7) is 2.43. The number of nitrogens with zero attached hydrogens (tertiary/aromatic N) is 1. The first-order valence-corrected chi connectivity index (χ1v) is 6.56. The molecular weight excluding hydrogens is 251 g/mol. The average molecular weight is 266 g/mol. The normalized spacial score (nSPS) is 10.7. The van der Waals surface area contributed by atoms with Gasteiger partial charge in [0.25, 0.3) is 0 Å². The van der Waals surface area contributed by atoms with Crippen molar-refractivity contribution >= 4 is 16.5 Å². The highest BCUT2D eigenvalue weighted by molar-refractivity contribution is 5.84. The van der Waals surface area contributed by atoms with Gasteiger partial charge in [-0.05, 0) is 41.6 Å². The first-order chi connectivity index (χ1) is 9.74. The van der Waals surface area contributed by atoms with Crippen LogP contribution in [0.15, 0.2) is 54.9 Å². The molecule has 0 unspecified atom stereocenters. The first kappa shape index (κ1) is 12.6. The predicted octanol–water partition coefficient (Wildman–Crippen LogP) is 4.29. The van der Waals surface area contributed by atoms with Gasteiger partial charge in [0, 0.05) is 30.0 Å². The van der Waals surface area contributed by atoms with E-state index in [1.807, 2.05) is 36.7 Å². The second kappa shape index (κ2) is 5.29. The van der Waals surface area contributed by atoms with Gasteiger partial charge in [-0.3, -0.25) is 4.98 Å². The first-order valence-electron chi connectivity index (χ1n) is 6.56. The molecule has 1 N–H and O–H groups in total. The summed E-state index contributed by atoms with van der Waals surface area (Å²) >= 11 is 0. The summed E-state index contributed by atoms with van der Waals surface area (Å²) < 4.78 is 13.2. The molecule has 100 valence electrons. The smallest absolute Gasteiger partial charge is 0.126 e. The van der Waals surface area contributed by atoms with Crippen molar-refractivity contribution < 1.29 is 4.39 Å². The summed E-state index contributed by atoms with van der Waals surface area (Å²) in [4.78, 5) is 4.26. The maximum atomic E-state index is 13.2. The number of anilines is 1. The fraction of sp³-hybridized carbons (Fsp3) is 0.118. The Morgan fingerprint density at radius 2 is 1.95 bits per heavy atom. The third-order valence-corrected chi connectivity index (χ3v) is 3.39. The van der Waals surface area contributed by atoms with Crippen LogP contribution < -0.4 is 5.32 Å². The van der Waals surface area contributed by atoms with Gasteiger partial charge in [-0.25, -0.2) is 4.39 Å². The number of aromatic nitrogens is 1. The summed E-state index contributed by atoms with van der Waals surface area (Å²) in [5.74, 6) is -0.178. The van der Waals surface area contributed by atoms with Gasteiger partial charge in [-0.15, -0.1) is 0 Å². The van der Waals surface area contributed by atoms with Crippen molar-refractivity contribution in [3.63, 3.8) is 0 Å². The van der Waals surface area contributed by atoms with Crippen LogP contribution in [0.4, 0.5) is 10.1 Å². The Morgan fingerprint density at radius 3 is 2.80 bits per heavy atom. The monoisotopic (exact) mass is 266 g/mol. The van der Waals surface area contributed by atoms with E-state index in [-0.39, 0.29) is 5.82 Å². The van der Waals surface area contributed by atoms with Crippen LogP contribution in [0.25, 0.3) is 10.8 Å². The second-order valence-electron chi connectivity index (χ2n) is 4.84. The molecular formula is C17H15FN2. The van der Waals surface area contributed by atoms with Crippen molar-refractivity contribution in [1.29, 1.82) is 0 Å². The summed E-state index contributed by atoms with van der Waals surface area (Å²) in [5, 5.41) is 5.63. The largest absolute Gasteiger partial charge is 0.381 e. The molecule has 0 aliphatic carbocycles. The zero-order chi connectivity index (χ0) is 13.9. The summed E-state index contributed by atoms with van der Waals surface area (Å²) in [5.41, 5.74) is 2.69. The molecule has 0 atom stereocenters. The van der Waals surface area contributed by atoms with E-state index >= 15 is 0 Å². The molecule has 0 saturated carbocycles. The zero-order valence-electron chi connectivity index (χ0n) is 11.2. The molecule has 1 aromatic heterocycles. The molecule has 3 heteroatoms. The van der Waals surface area contributed by atoms with Crippen molar-refractivity contribution in [3.05, 3.63) is 71.8 Å². The molecule has 0 bridgehead atoms. The lowest BCUT2D eigenvalue weighted by molar-refractivity contribution is 0.618. The molecule has 0 aliphatic rings. The van der Waals surface area contributed by atoms with Gasteiger partial charge in [0.05, 0.1) is 0 Å². The Labute approximate surface area is 117 Å². The molecule has 0 saturated heterocycles. The number of halogens is 1. The molecule has 0 amide bonds. The third kappa shape index (κ3) is 2.48. The van der Waals surface area contributed by atoms with Gasteiger partial charge in [-0.1, -0.05) is 24.3 Å². The van der Waals surface area contributed by atoms with Crippen LogP contribution in [-0.2, 0) is 6.54 Å². The molecule has 0 radical (unpaired) electrons. The molecule has 20 heavy (non-hydrogen) atoms. The molecule has 1 heterocycles. The minimum absolute atomic E-state index is 0.178. The van der Waals surface area contributed by atoms with Crippen molar-refractivity contribution in [2.24, 2.45) is 0 Å². The molecule has 2 nitrogen and oxygen atoms in total. The van der Waals surface area contributed by atoms with Crippen LogP contribution in [0.2, 0.25) is 0 Å². The summed E-state index contributed by atoms with van der Waals surface area (Å²) in [7, 11) is 0. The topological polar surface area (TPSA) is 24.9 Å². The van der Waals surface area contributed by atoms with E-state index in [4.69, 9.17) is 0 Å². The maximum absolute atomic E-state index is 13.2. The van der Waals surface area contributed by atoms with Crippen molar-refractivity contribution in [1.82, 2.24) is 4.98 Å². The van der Waals surface area contributed by atoms with Gasteiger partial charge in [0.1, 0.15) is 5.82 Å². The van der Waals surface area contributed by atoms with Crippen LogP contribution in [0.5, 0.6) is 0 Å². The van der Waals surface area contributed by atoms with Gasteiger partial charge in [0.2, 0.25) is 0 Å². The van der Waals surface area contributed by atoms with E-state index in [2.05, 4.69) is 16.4 Å². The van der Waals surface area contributed by atoms with Crippen LogP contribution >= 0.6 is 0 Å². The number of nitrogens with one attached hydrogen (secondary N) is 1. The molecule has 3 aromatic rings. The number of pyridine rings is 1. The molecule has 0 fully saturated rings. The standard InChI is InChI=1S/C17H15FN2/c1-12-8-15(6-7-17(12)18)20-11-14-10-19-9-13-4-2-3-5-16(13)14/h2-10,20H,11H2,1H3. The van der Waals surface area contributed by atoms with Crippen molar-refractivity contribution in [2.75, 3.05) is 5.32 Å². The molecule has 2 aromatic carbocycles. The fourth-order valence-corrected chi connectivity index (χ4v) is 2.27. The van der Waals surface area contributed by atoms with Gasteiger partial charge < -0.3 is 5.32 Å². The lowest BCUT2D eigenvalue weighted by Crippen LogP contribution is -2.01. The summed E-state index contributed by atoms with van der Waals surface area (Å²) in [6.07, 6.45) is 3.73. The summed E-state index contributed by atoms with van der Waals surface area (Å²) in [6, 6.07) is 13.2. The Hall–Kier alpha value is -2.42. The minimum Gasteiger partial charge on any atom is -0.381 e. The maximum Gasteiger partial charge on any atom is 0.126 e. The SMILES string of the molecule is Cc1cc(NCc2cncc3ccccc23)ccc1F. The Balaban J connectivity index is 1.85. The zero-order valence-corrected chi connectivity index (χ0v) is 11.2. The predicted molar refractivity (Wildman–Crippen MR) is 80.2 cm³/mol. The molecule has 3 rings (SSSR count). The fourth-order valence-electron chi connectivity index (χ4n) is 2.27. The second-order valence-corrected chi connectivity index (χ2v) is 4.84. The Kier molecular flexibility index (Phi) is 3.33. The molecule has 0 aliphatic heterocycles. The Bertz CT molecular complexity index is 748. The highest BCUT2D eigenvalue weighted by Gasteiger charge is 2.02. The van der Waals surface area contributed by atoms with Gasteiger partial charge in [0.15, 0.2) is 0 Å². The van der Waals surface area contributed by atoms with E-state index in [0.29, 0.717) is 12.1 Å². The van der Waals surface area contributed by atoms with Gasteiger partial charge >= 0.3 is 0 Å². The quantitative estimate of drug-likeness (QED) is 0.764. The average Bonchev–Trinajstić information content (AvgIpc) is 2.48. The highest BCUT2D eigenvalue weighted by Crippen LogP contribution is 2.19. The van der Waals surface area contributed by atoms with E-state index in [1.54, 1.807) is 13.0 Å². The number of aryl methyl sites for hydroxylation is 1. The van der Waals surface area contributed by atoms with E-state index < -0.39 is 0 Å². The lowest BCUT2D eigenvalue weighted by atomic mass is 10.1. The number of fused-ring (bicyclic) bond motifs is 1. The van der Waals surface area contributed by atoms with Crippen LogP contribution in [0.3, 0.4) is 0 Å². The van der Waals surface area contributed by atoms with E-state index in [0.717, 1.165) is 16.6 Å². The van der Waals surface area contributed by atoms with Crippen molar-refractivity contribution in [3.8, 4) is 0 Å². The highest BCUT2D eigenvalue weighted by atomic mass is 19.1. The van der Waals surface area contributed by atoms with E-state index in [9.17, 15) is 4.39 Å². The van der Waals surface area contributed by atoms with Crippen LogP contribution in [-0.4, -0.2) is 4.98 Å². The number of hydrogen-bond acceptors (Lipinski definition) is 2. The number of benzene rings is 2. The third-order valence-electron chi connectivity index (χ3n) is 3.39. The lowest BCUT2D eigenvalue weighted by Gasteiger charge is -2.09. The van der Waals surface area contributed by atoms with Crippen LogP contribution in [0.1, 0.15) is 11.1 Å².